The third kappa shape index (κ3) is 6.86. The number of ether oxygens (including phenoxy) is 1. The molecule has 23 heavy (non-hydrogen) atoms. The van der Waals surface area contributed by atoms with Crippen LogP contribution in [0.1, 0.15) is 35.7 Å². The van der Waals surface area contributed by atoms with Crippen LogP contribution in [0.3, 0.4) is 0 Å². The first-order chi connectivity index (χ1) is 11.0. The van der Waals surface area contributed by atoms with Crippen molar-refractivity contribution in [3.63, 3.8) is 0 Å². The van der Waals surface area contributed by atoms with E-state index in [9.17, 15) is 14.4 Å². The number of nitrogens with one attached hydrogen (secondary N) is 1. The van der Waals surface area contributed by atoms with E-state index in [0.29, 0.717) is 24.8 Å². The fourth-order valence-corrected chi connectivity index (χ4v) is 2.48. The second-order valence-electron chi connectivity index (χ2n) is 5.23. The van der Waals surface area contributed by atoms with Gasteiger partial charge in [0, 0.05) is 12.0 Å². The van der Waals surface area contributed by atoms with Crippen LogP contribution in [-0.4, -0.2) is 42.8 Å². The molecule has 1 amide bonds. The van der Waals surface area contributed by atoms with Gasteiger partial charge in [-0.2, -0.15) is 11.8 Å². The maximum absolute atomic E-state index is 12.2. The van der Waals surface area contributed by atoms with Crippen LogP contribution in [0.15, 0.2) is 24.3 Å². The largest absolute Gasteiger partial charge is 0.467 e. The minimum Gasteiger partial charge on any atom is -0.467 e. The number of carbonyl (C=O) groups is 3. The molecule has 0 radical (unpaired) electrons. The number of methoxy groups -OCH3 is 1. The van der Waals surface area contributed by atoms with E-state index in [2.05, 4.69) is 5.32 Å². The Morgan fingerprint density at radius 3 is 2.39 bits per heavy atom. The van der Waals surface area contributed by atoms with E-state index in [1.165, 1.54) is 7.11 Å². The number of aryl methyl sites for hydroxylation is 1. The molecule has 0 aliphatic heterocycles. The second kappa shape index (κ2) is 10.0. The van der Waals surface area contributed by atoms with Crippen molar-refractivity contribution in [2.45, 2.75) is 32.2 Å². The number of esters is 1. The van der Waals surface area contributed by atoms with Crippen LogP contribution in [0, 0.1) is 0 Å². The second-order valence-corrected chi connectivity index (χ2v) is 6.22. The molecule has 1 rings (SSSR count). The van der Waals surface area contributed by atoms with Crippen LogP contribution in [0.4, 0.5) is 0 Å². The molecule has 0 heterocycles. The summed E-state index contributed by atoms with van der Waals surface area (Å²) in [5.41, 5.74) is 1.48. The molecule has 0 spiro atoms. The fraction of sp³-hybridized carbons (Fsp3) is 0.471. The smallest absolute Gasteiger partial charge is 0.328 e. The van der Waals surface area contributed by atoms with Gasteiger partial charge in [0.25, 0.3) is 5.91 Å². The van der Waals surface area contributed by atoms with Crippen molar-refractivity contribution in [1.82, 2.24) is 5.32 Å². The lowest BCUT2D eigenvalue weighted by Gasteiger charge is -2.16. The highest BCUT2D eigenvalue weighted by molar-refractivity contribution is 7.98. The van der Waals surface area contributed by atoms with Gasteiger partial charge in [0.05, 0.1) is 7.11 Å². The Bertz CT molecular complexity index is 542. The SMILES string of the molecule is COC(=O)[C@@H](CCSC)NC(=O)c1ccc(CCC(C)=O)cc1. The topological polar surface area (TPSA) is 72.5 Å². The lowest BCUT2D eigenvalue weighted by molar-refractivity contribution is -0.142. The Hall–Kier alpha value is -1.82. The van der Waals surface area contributed by atoms with Crippen molar-refractivity contribution in [3.05, 3.63) is 35.4 Å². The van der Waals surface area contributed by atoms with Gasteiger partial charge in [0.1, 0.15) is 11.8 Å². The lowest BCUT2D eigenvalue weighted by Crippen LogP contribution is -2.41. The molecule has 1 aromatic rings. The van der Waals surface area contributed by atoms with Gasteiger partial charge in [0.2, 0.25) is 0 Å². The van der Waals surface area contributed by atoms with E-state index < -0.39 is 12.0 Å². The van der Waals surface area contributed by atoms with E-state index >= 15 is 0 Å². The summed E-state index contributed by atoms with van der Waals surface area (Å²) in [4.78, 5) is 34.9. The summed E-state index contributed by atoms with van der Waals surface area (Å²) in [7, 11) is 1.31. The Morgan fingerprint density at radius 2 is 1.87 bits per heavy atom. The molecule has 1 aromatic carbocycles. The molecule has 1 N–H and O–H groups in total. The zero-order valence-electron chi connectivity index (χ0n) is 13.8. The predicted molar refractivity (Wildman–Crippen MR) is 91.7 cm³/mol. The average molecular weight is 337 g/mol. The molecule has 0 saturated heterocycles. The fourth-order valence-electron chi connectivity index (χ4n) is 2.01. The van der Waals surface area contributed by atoms with Crippen LogP contribution in [0.2, 0.25) is 0 Å². The number of benzene rings is 1. The van der Waals surface area contributed by atoms with Gasteiger partial charge in [-0.1, -0.05) is 12.1 Å². The first-order valence-corrected chi connectivity index (χ1v) is 8.83. The minimum absolute atomic E-state index is 0.140. The van der Waals surface area contributed by atoms with E-state index in [1.54, 1.807) is 30.8 Å². The number of thioether (sulfide) groups is 1. The zero-order valence-corrected chi connectivity index (χ0v) is 14.6. The first kappa shape index (κ1) is 19.2. The molecule has 0 aliphatic rings. The highest BCUT2D eigenvalue weighted by Gasteiger charge is 2.21. The molecule has 6 heteroatoms. The maximum atomic E-state index is 12.2. The molecular weight excluding hydrogens is 314 g/mol. The third-order valence-corrected chi connectivity index (χ3v) is 4.03. The van der Waals surface area contributed by atoms with Crippen LogP contribution in [0.25, 0.3) is 0 Å². The van der Waals surface area contributed by atoms with Crippen LogP contribution in [-0.2, 0) is 20.7 Å². The van der Waals surface area contributed by atoms with Gasteiger partial charge in [-0.25, -0.2) is 4.79 Å². The number of hydrogen-bond acceptors (Lipinski definition) is 5. The van der Waals surface area contributed by atoms with Gasteiger partial charge in [-0.05, 0) is 49.5 Å². The number of Topliss-reactive ketones (excluding diaryl/α,β-unsaturated/α-hetero) is 1. The molecule has 126 valence electrons. The number of ketones is 1. The Balaban J connectivity index is 2.67. The quantitative estimate of drug-likeness (QED) is 0.700. The van der Waals surface area contributed by atoms with Gasteiger partial charge in [-0.15, -0.1) is 0 Å². The van der Waals surface area contributed by atoms with Crippen molar-refractivity contribution >= 4 is 29.4 Å². The number of rotatable bonds is 9. The average Bonchev–Trinajstić information content (AvgIpc) is 2.56. The highest BCUT2D eigenvalue weighted by Crippen LogP contribution is 2.09. The first-order valence-electron chi connectivity index (χ1n) is 7.44. The van der Waals surface area contributed by atoms with E-state index in [4.69, 9.17) is 4.74 Å². The monoisotopic (exact) mass is 337 g/mol. The summed E-state index contributed by atoms with van der Waals surface area (Å²) >= 11 is 1.60. The van der Waals surface area contributed by atoms with E-state index in [-0.39, 0.29) is 11.7 Å². The van der Waals surface area contributed by atoms with Crippen LogP contribution < -0.4 is 5.32 Å². The van der Waals surface area contributed by atoms with Gasteiger partial charge < -0.3 is 14.8 Å². The number of amides is 1. The Kier molecular flexibility index (Phi) is 8.40. The third-order valence-electron chi connectivity index (χ3n) is 3.38. The van der Waals surface area contributed by atoms with Gasteiger partial charge in [-0.3, -0.25) is 4.79 Å². The number of carbonyl (C=O) groups excluding carboxylic acids is 3. The Labute approximate surface area is 141 Å². The maximum Gasteiger partial charge on any atom is 0.328 e. The normalized spacial score (nSPS) is 11.6. The van der Waals surface area contributed by atoms with Crippen molar-refractivity contribution in [1.29, 1.82) is 0 Å². The molecule has 5 nitrogen and oxygen atoms in total. The number of hydrogen-bond donors (Lipinski definition) is 1. The highest BCUT2D eigenvalue weighted by atomic mass is 32.2. The van der Waals surface area contributed by atoms with Crippen LogP contribution >= 0.6 is 11.8 Å². The molecule has 0 aliphatic carbocycles. The molecule has 1 atom stereocenters. The van der Waals surface area contributed by atoms with Crippen molar-refractivity contribution < 1.29 is 19.1 Å². The predicted octanol–water partition coefficient (Wildman–Crippen LogP) is 2.23. The summed E-state index contributed by atoms with van der Waals surface area (Å²) < 4.78 is 4.72. The standard InChI is InChI=1S/C17H23NO4S/c1-12(19)4-5-13-6-8-14(9-7-13)16(20)18-15(10-11-23-3)17(21)22-2/h6-9,15H,4-5,10-11H2,1-3H3,(H,18,20)/t15-/m1/s1. The van der Waals surface area contributed by atoms with Crippen molar-refractivity contribution in [2.75, 3.05) is 19.1 Å². The summed E-state index contributed by atoms with van der Waals surface area (Å²) in [6.45, 7) is 1.56. The summed E-state index contributed by atoms with van der Waals surface area (Å²) in [6.07, 6.45) is 3.62. The van der Waals surface area contributed by atoms with Crippen molar-refractivity contribution in [2.24, 2.45) is 0 Å². The van der Waals surface area contributed by atoms with Gasteiger partial charge >= 0.3 is 5.97 Å². The van der Waals surface area contributed by atoms with E-state index in [1.807, 2.05) is 18.4 Å². The Morgan fingerprint density at radius 1 is 1.22 bits per heavy atom. The van der Waals surface area contributed by atoms with Crippen LogP contribution in [0.5, 0.6) is 0 Å². The summed E-state index contributed by atoms with van der Waals surface area (Å²) in [5.74, 6) is 0.149. The molecule has 0 fully saturated rings. The van der Waals surface area contributed by atoms with Crippen molar-refractivity contribution in [3.8, 4) is 0 Å². The zero-order chi connectivity index (χ0) is 17.2. The molecule has 0 saturated carbocycles. The van der Waals surface area contributed by atoms with Gasteiger partial charge in [0.15, 0.2) is 0 Å². The molecule has 0 aromatic heterocycles. The molecule has 0 bridgehead atoms. The van der Waals surface area contributed by atoms with E-state index in [0.717, 1.165) is 11.3 Å². The molecular formula is C17H23NO4S. The summed E-state index contributed by atoms with van der Waals surface area (Å²) in [6, 6.07) is 6.42. The lowest BCUT2D eigenvalue weighted by atomic mass is 10.1. The molecule has 0 unspecified atom stereocenters. The minimum atomic E-state index is -0.641. The summed E-state index contributed by atoms with van der Waals surface area (Å²) in [5, 5.41) is 2.71.